The van der Waals surface area contributed by atoms with Gasteiger partial charge in [-0.15, -0.1) is 0 Å². The van der Waals surface area contributed by atoms with Gasteiger partial charge in [-0.25, -0.2) is 4.79 Å². The van der Waals surface area contributed by atoms with Gasteiger partial charge in [-0.2, -0.15) is 0 Å². The molecule has 0 radical (unpaired) electrons. The van der Waals surface area contributed by atoms with Crippen LogP contribution in [0.5, 0.6) is 5.75 Å². The fraction of sp³-hybridized carbons (Fsp3) is 0.263. The van der Waals surface area contributed by atoms with Gasteiger partial charge in [0.1, 0.15) is 5.75 Å². The first kappa shape index (κ1) is 17.5. The number of benzene rings is 2. The topological polar surface area (TPSA) is 64.6 Å². The van der Waals surface area contributed by atoms with Crippen LogP contribution in [0.1, 0.15) is 37.4 Å². The Balaban J connectivity index is 2.38. The van der Waals surface area contributed by atoms with Crippen molar-refractivity contribution < 1.29 is 19.1 Å². The highest BCUT2D eigenvalue weighted by Gasteiger charge is 2.15. The van der Waals surface area contributed by atoms with Gasteiger partial charge < -0.3 is 14.8 Å². The molecule has 0 saturated heterocycles. The quantitative estimate of drug-likeness (QED) is 0.871. The van der Waals surface area contributed by atoms with Crippen LogP contribution in [-0.4, -0.2) is 26.1 Å². The SMILES string of the molecule is COC(=O)c1ccc(OC)c(NC(=O)c2cc(C)c(C)cc2C)c1. The minimum Gasteiger partial charge on any atom is -0.495 e. The van der Waals surface area contributed by atoms with Gasteiger partial charge in [-0.3, -0.25) is 4.79 Å². The van der Waals surface area contributed by atoms with E-state index < -0.39 is 5.97 Å². The minimum atomic E-state index is -0.476. The highest BCUT2D eigenvalue weighted by atomic mass is 16.5. The van der Waals surface area contributed by atoms with E-state index in [1.54, 1.807) is 18.2 Å². The fourth-order valence-corrected chi connectivity index (χ4v) is 2.45. The molecule has 0 unspecified atom stereocenters. The van der Waals surface area contributed by atoms with Gasteiger partial charge in [0.2, 0.25) is 0 Å². The predicted octanol–water partition coefficient (Wildman–Crippen LogP) is 3.66. The number of carbonyl (C=O) groups is 2. The second kappa shape index (κ2) is 7.17. The number of esters is 1. The Bertz CT molecular complexity index is 796. The van der Waals surface area contributed by atoms with Gasteiger partial charge in [-0.05, 0) is 61.7 Å². The first-order valence-electron chi connectivity index (χ1n) is 7.53. The van der Waals surface area contributed by atoms with Crippen molar-refractivity contribution in [3.05, 3.63) is 58.1 Å². The van der Waals surface area contributed by atoms with Gasteiger partial charge in [0, 0.05) is 5.56 Å². The number of anilines is 1. The Morgan fingerprint density at radius 2 is 1.58 bits per heavy atom. The first-order valence-corrected chi connectivity index (χ1v) is 7.53. The number of carbonyl (C=O) groups excluding carboxylic acids is 2. The van der Waals surface area contributed by atoms with E-state index in [1.165, 1.54) is 14.2 Å². The van der Waals surface area contributed by atoms with Crippen LogP contribution in [0.25, 0.3) is 0 Å². The summed E-state index contributed by atoms with van der Waals surface area (Å²) < 4.78 is 9.97. The van der Waals surface area contributed by atoms with Crippen molar-refractivity contribution in [2.75, 3.05) is 19.5 Å². The average Bonchev–Trinajstić information content (AvgIpc) is 2.57. The van der Waals surface area contributed by atoms with Crippen molar-refractivity contribution >= 4 is 17.6 Å². The number of ether oxygens (including phenoxy) is 2. The van der Waals surface area contributed by atoms with E-state index in [0.29, 0.717) is 22.6 Å². The Morgan fingerprint density at radius 1 is 0.917 bits per heavy atom. The minimum absolute atomic E-state index is 0.254. The number of methoxy groups -OCH3 is 2. The average molecular weight is 327 g/mol. The van der Waals surface area contributed by atoms with Crippen LogP contribution < -0.4 is 10.1 Å². The monoisotopic (exact) mass is 327 g/mol. The highest BCUT2D eigenvalue weighted by molar-refractivity contribution is 6.06. The molecule has 0 saturated carbocycles. The van der Waals surface area contributed by atoms with Crippen molar-refractivity contribution in [3.8, 4) is 5.75 Å². The lowest BCUT2D eigenvalue weighted by Gasteiger charge is -2.14. The summed E-state index contributed by atoms with van der Waals surface area (Å²) in [6.45, 7) is 5.86. The molecule has 1 amide bonds. The Labute approximate surface area is 141 Å². The zero-order valence-electron chi connectivity index (χ0n) is 14.5. The third-order valence-electron chi connectivity index (χ3n) is 3.95. The maximum atomic E-state index is 12.6. The molecule has 0 heterocycles. The summed E-state index contributed by atoms with van der Waals surface area (Å²) in [7, 11) is 2.81. The molecule has 5 heteroatoms. The van der Waals surface area contributed by atoms with Gasteiger partial charge in [0.25, 0.3) is 5.91 Å². The summed E-state index contributed by atoms with van der Waals surface area (Å²) >= 11 is 0. The lowest BCUT2D eigenvalue weighted by atomic mass is 10.0. The van der Waals surface area contributed by atoms with Crippen molar-refractivity contribution in [3.63, 3.8) is 0 Å². The zero-order chi connectivity index (χ0) is 17.9. The number of amides is 1. The Kier molecular flexibility index (Phi) is 5.24. The molecule has 0 spiro atoms. The molecule has 0 atom stereocenters. The number of aryl methyl sites for hydroxylation is 3. The molecular weight excluding hydrogens is 306 g/mol. The summed E-state index contributed by atoms with van der Waals surface area (Å²) in [5.74, 6) is -0.260. The van der Waals surface area contributed by atoms with E-state index in [1.807, 2.05) is 32.9 Å². The summed E-state index contributed by atoms with van der Waals surface area (Å²) in [4.78, 5) is 24.3. The van der Waals surface area contributed by atoms with E-state index in [2.05, 4.69) is 5.32 Å². The fourth-order valence-electron chi connectivity index (χ4n) is 2.45. The third kappa shape index (κ3) is 3.56. The van der Waals surface area contributed by atoms with Crippen LogP contribution in [0.15, 0.2) is 30.3 Å². The standard InChI is InChI=1S/C19H21NO4/c1-11-8-13(3)15(9-12(11)2)18(21)20-16-10-14(19(22)24-5)6-7-17(16)23-4/h6-10H,1-5H3,(H,20,21). The van der Waals surface area contributed by atoms with Gasteiger partial charge in [0.15, 0.2) is 0 Å². The molecule has 24 heavy (non-hydrogen) atoms. The Morgan fingerprint density at radius 3 is 2.21 bits per heavy atom. The summed E-state index contributed by atoms with van der Waals surface area (Å²) in [6.07, 6.45) is 0. The van der Waals surface area contributed by atoms with Crippen LogP contribution in [0.4, 0.5) is 5.69 Å². The molecule has 2 aromatic carbocycles. The molecule has 0 aliphatic rings. The highest BCUT2D eigenvalue weighted by Crippen LogP contribution is 2.27. The summed E-state index contributed by atoms with van der Waals surface area (Å²) in [5, 5.41) is 2.81. The van der Waals surface area contributed by atoms with Crippen LogP contribution in [0, 0.1) is 20.8 Å². The van der Waals surface area contributed by atoms with Crippen LogP contribution in [0.2, 0.25) is 0 Å². The lowest BCUT2D eigenvalue weighted by molar-refractivity contribution is 0.0600. The molecule has 5 nitrogen and oxygen atoms in total. The van der Waals surface area contributed by atoms with Crippen LogP contribution in [-0.2, 0) is 4.74 Å². The smallest absolute Gasteiger partial charge is 0.337 e. The summed E-state index contributed by atoms with van der Waals surface area (Å²) in [6, 6.07) is 8.58. The van der Waals surface area contributed by atoms with Gasteiger partial charge in [0.05, 0.1) is 25.5 Å². The number of rotatable bonds is 4. The zero-order valence-corrected chi connectivity index (χ0v) is 14.5. The second-order valence-electron chi connectivity index (χ2n) is 5.61. The van der Waals surface area contributed by atoms with Crippen LogP contribution >= 0.6 is 0 Å². The molecule has 1 N–H and O–H groups in total. The molecule has 0 bridgehead atoms. The molecule has 126 valence electrons. The molecule has 0 fully saturated rings. The molecule has 0 aliphatic carbocycles. The van der Waals surface area contributed by atoms with Gasteiger partial charge in [-0.1, -0.05) is 6.07 Å². The van der Waals surface area contributed by atoms with Crippen molar-refractivity contribution in [2.45, 2.75) is 20.8 Å². The summed E-state index contributed by atoms with van der Waals surface area (Å²) in [5.41, 5.74) is 4.41. The molecule has 2 aromatic rings. The Hall–Kier alpha value is -2.82. The molecular formula is C19H21NO4. The van der Waals surface area contributed by atoms with Crippen LogP contribution in [0.3, 0.4) is 0 Å². The van der Waals surface area contributed by atoms with E-state index in [4.69, 9.17) is 9.47 Å². The van der Waals surface area contributed by atoms with Crippen molar-refractivity contribution in [2.24, 2.45) is 0 Å². The maximum Gasteiger partial charge on any atom is 0.337 e. The largest absolute Gasteiger partial charge is 0.495 e. The van der Waals surface area contributed by atoms with E-state index >= 15 is 0 Å². The number of hydrogen-bond acceptors (Lipinski definition) is 4. The van der Waals surface area contributed by atoms with Crippen molar-refractivity contribution in [1.29, 1.82) is 0 Å². The van der Waals surface area contributed by atoms with E-state index in [-0.39, 0.29) is 5.91 Å². The van der Waals surface area contributed by atoms with Crippen molar-refractivity contribution in [1.82, 2.24) is 0 Å². The third-order valence-corrected chi connectivity index (χ3v) is 3.95. The number of nitrogens with one attached hydrogen (secondary N) is 1. The predicted molar refractivity (Wildman–Crippen MR) is 92.9 cm³/mol. The molecule has 0 aromatic heterocycles. The lowest BCUT2D eigenvalue weighted by Crippen LogP contribution is -2.15. The molecule has 2 rings (SSSR count). The van der Waals surface area contributed by atoms with E-state index in [9.17, 15) is 9.59 Å². The van der Waals surface area contributed by atoms with E-state index in [0.717, 1.165) is 16.7 Å². The number of hydrogen-bond donors (Lipinski definition) is 1. The van der Waals surface area contributed by atoms with Gasteiger partial charge >= 0.3 is 5.97 Å². The second-order valence-corrected chi connectivity index (χ2v) is 5.61. The maximum absolute atomic E-state index is 12.6. The normalized spacial score (nSPS) is 10.2. The molecule has 0 aliphatic heterocycles. The first-order chi connectivity index (χ1) is 11.4.